The molecular weight excluding hydrogens is 379 g/mol. The molecule has 1 aromatic carbocycles. The summed E-state index contributed by atoms with van der Waals surface area (Å²) in [5, 5.41) is 4.26. The Balaban J connectivity index is 1.83. The maximum Gasteiger partial charge on any atom is 0.253 e. The number of amides is 1. The van der Waals surface area contributed by atoms with Crippen LogP contribution in [0, 0.1) is 12.7 Å². The lowest BCUT2D eigenvalue weighted by Gasteiger charge is -2.35. The number of carbonyl (C=O) groups is 1. The first-order valence-electron chi connectivity index (χ1n) is 7.58. The average molecular weight is 397 g/mol. The fourth-order valence-corrected chi connectivity index (χ4v) is 3.30. The quantitative estimate of drug-likeness (QED) is 0.858. The highest BCUT2D eigenvalue weighted by Gasteiger charge is 2.26. The summed E-state index contributed by atoms with van der Waals surface area (Å²) in [5.41, 5.74) is 6.84. The Labute approximate surface area is 147 Å². The van der Waals surface area contributed by atoms with E-state index in [1.807, 2.05) is 22.7 Å². The molecule has 1 amide bonds. The zero-order valence-corrected chi connectivity index (χ0v) is 14.8. The summed E-state index contributed by atoms with van der Waals surface area (Å²) in [6.45, 7) is 4.13. The smallest absolute Gasteiger partial charge is 0.253 e. The van der Waals surface area contributed by atoms with Gasteiger partial charge in [0.05, 0.1) is 36.7 Å². The molecule has 128 valence electrons. The molecule has 1 aliphatic rings. The molecule has 0 spiro atoms. The molecule has 2 aromatic rings. The maximum atomic E-state index is 14.2. The molecule has 0 saturated carbocycles. The van der Waals surface area contributed by atoms with E-state index in [9.17, 15) is 9.18 Å². The van der Waals surface area contributed by atoms with Gasteiger partial charge in [0.25, 0.3) is 5.91 Å². The van der Waals surface area contributed by atoms with Crippen LogP contribution in [-0.2, 0) is 11.3 Å². The lowest BCUT2D eigenvalue weighted by molar-refractivity contribution is 0.0273. The van der Waals surface area contributed by atoms with Crippen molar-refractivity contribution in [3.63, 3.8) is 0 Å². The number of aryl methyl sites for hydroxylation is 1. The molecule has 1 aliphatic heterocycles. The molecule has 0 aliphatic carbocycles. The number of hydrogen-bond donors (Lipinski definition) is 1. The van der Waals surface area contributed by atoms with Gasteiger partial charge in [-0.15, -0.1) is 0 Å². The number of ether oxygens (including phenoxy) is 1. The molecule has 1 saturated heterocycles. The van der Waals surface area contributed by atoms with Crippen molar-refractivity contribution in [1.29, 1.82) is 0 Å². The molecule has 2 N–H and O–H groups in total. The molecule has 1 atom stereocenters. The number of morpholine rings is 1. The second kappa shape index (κ2) is 6.90. The van der Waals surface area contributed by atoms with Crippen LogP contribution < -0.4 is 10.6 Å². The Bertz CT molecular complexity index is 765. The third-order valence-electron chi connectivity index (χ3n) is 3.91. The van der Waals surface area contributed by atoms with E-state index < -0.39 is 11.7 Å². The number of benzene rings is 1. The van der Waals surface area contributed by atoms with Crippen molar-refractivity contribution in [3.05, 3.63) is 45.9 Å². The largest absolute Gasteiger partial charge is 0.373 e. The van der Waals surface area contributed by atoms with Gasteiger partial charge in [-0.3, -0.25) is 9.48 Å². The first-order chi connectivity index (χ1) is 11.4. The van der Waals surface area contributed by atoms with Crippen molar-refractivity contribution >= 4 is 27.5 Å². The highest BCUT2D eigenvalue weighted by atomic mass is 79.9. The van der Waals surface area contributed by atoms with Crippen LogP contribution in [0.25, 0.3) is 0 Å². The first-order valence-corrected chi connectivity index (χ1v) is 8.38. The monoisotopic (exact) mass is 396 g/mol. The summed E-state index contributed by atoms with van der Waals surface area (Å²) in [5.74, 6) is -1.40. The Morgan fingerprint density at radius 2 is 2.33 bits per heavy atom. The van der Waals surface area contributed by atoms with Gasteiger partial charge in [-0.05, 0) is 24.6 Å². The van der Waals surface area contributed by atoms with Crippen LogP contribution in [-0.4, -0.2) is 41.5 Å². The lowest BCUT2D eigenvalue weighted by atomic mass is 10.1. The van der Waals surface area contributed by atoms with Gasteiger partial charge < -0.3 is 15.4 Å². The number of hydrogen-bond acceptors (Lipinski definition) is 4. The second-order valence-corrected chi connectivity index (χ2v) is 6.74. The van der Waals surface area contributed by atoms with E-state index in [-0.39, 0.29) is 11.7 Å². The zero-order valence-electron chi connectivity index (χ0n) is 13.2. The van der Waals surface area contributed by atoms with Crippen LogP contribution in [0.5, 0.6) is 0 Å². The molecule has 0 radical (unpaired) electrons. The van der Waals surface area contributed by atoms with Crippen molar-refractivity contribution < 1.29 is 13.9 Å². The van der Waals surface area contributed by atoms with E-state index in [0.717, 1.165) is 5.56 Å². The Hall–Kier alpha value is -1.93. The minimum atomic E-state index is -0.777. The van der Waals surface area contributed by atoms with Crippen molar-refractivity contribution in [2.45, 2.75) is 19.6 Å². The maximum absolute atomic E-state index is 14.2. The molecule has 2 heterocycles. The van der Waals surface area contributed by atoms with E-state index in [2.05, 4.69) is 21.0 Å². The SMILES string of the molecule is Cc1cnn(CC2CN(c3cc(Br)cc(F)c3C(N)=O)CCO2)c1. The van der Waals surface area contributed by atoms with Gasteiger partial charge in [0.15, 0.2) is 0 Å². The average Bonchev–Trinajstić information content (AvgIpc) is 2.91. The summed E-state index contributed by atoms with van der Waals surface area (Å²) in [4.78, 5) is 13.6. The molecule has 24 heavy (non-hydrogen) atoms. The van der Waals surface area contributed by atoms with Crippen LogP contribution in [0.4, 0.5) is 10.1 Å². The van der Waals surface area contributed by atoms with Crippen molar-refractivity contribution in [2.24, 2.45) is 5.73 Å². The number of primary amides is 1. The summed E-state index contributed by atoms with van der Waals surface area (Å²) in [7, 11) is 0. The predicted molar refractivity (Wildman–Crippen MR) is 91.5 cm³/mol. The van der Waals surface area contributed by atoms with Crippen LogP contribution in [0.2, 0.25) is 0 Å². The van der Waals surface area contributed by atoms with E-state index in [4.69, 9.17) is 10.5 Å². The van der Waals surface area contributed by atoms with Gasteiger partial charge in [-0.25, -0.2) is 4.39 Å². The third-order valence-corrected chi connectivity index (χ3v) is 4.37. The van der Waals surface area contributed by atoms with Crippen LogP contribution in [0.15, 0.2) is 29.0 Å². The molecule has 1 unspecified atom stereocenters. The Morgan fingerprint density at radius 3 is 3.00 bits per heavy atom. The van der Waals surface area contributed by atoms with Gasteiger partial charge in [0, 0.05) is 23.8 Å². The summed E-state index contributed by atoms with van der Waals surface area (Å²) in [6, 6.07) is 2.96. The molecule has 1 fully saturated rings. The zero-order chi connectivity index (χ0) is 17.3. The third kappa shape index (κ3) is 3.59. The summed E-state index contributed by atoms with van der Waals surface area (Å²) >= 11 is 3.27. The number of nitrogens with two attached hydrogens (primary N) is 1. The van der Waals surface area contributed by atoms with Crippen LogP contribution in [0.1, 0.15) is 15.9 Å². The predicted octanol–water partition coefficient (Wildman–Crippen LogP) is 2.10. The standard InChI is InChI=1S/C16H18BrFN4O2/c1-10-6-20-22(7-10)9-12-8-21(2-3-24-12)14-5-11(17)4-13(18)15(14)16(19)23/h4-7,12H,2-3,8-9H2,1H3,(H2,19,23). The molecule has 6 nitrogen and oxygen atoms in total. The highest BCUT2D eigenvalue weighted by molar-refractivity contribution is 9.10. The topological polar surface area (TPSA) is 73.4 Å². The number of carbonyl (C=O) groups excluding carboxylic acids is 1. The minimum Gasteiger partial charge on any atom is -0.373 e. The van der Waals surface area contributed by atoms with Crippen molar-refractivity contribution in [1.82, 2.24) is 9.78 Å². The lowest BCUT2D eigenvalue weighted by Crippen LogP contribution is -2.45. The normalized spacial score (nSPS) is 18.0. The fourth-order valence-electron chi connectivity index (χ4n) is 2.88. The summed E-state index contributed by atoms with van der Waals surface area (Å²) in [6.07, 6.45) is 3.62. The van der Waals surface area contributed by atoms with Crippen LogP contribution >= 0.6 is 15.9 Å². The van der Waals surface area contributed by atoms with Gasteiger partial charge in [-0.2, -0.15) is 5.10 Å². The molecule has 1 aromatic heterocycles. The van der Waals surface area contributed by atoms with Crippen LogP contribution in [0.3, 0.4) is 0 Å². The van der Waals surface area contributed by atoms with Gasteiger partial charge in [-0.1, -0.05) is 15.9 Å². The fraction of sp³-hybridized carbons (Fsp3) is 0.375. The second-order valence-electron chi connectivity index (χ2n) is 5.82. The first kappa shape index (κ1) is 16.9. The molecule has 3 rings (SSSR count). The van der Waals surface area contributed by atoms with Gasteiger partial charge in [0.1, 0.15) is 5.82 Å². The van der Waals surface area contributed by atoms with E-state index >= 15 is 0 Å². The van der Waals surface area contributed by atoms with E-state index in [1.165, 1.54) is 6.07 Å². The van der Waals surface area contributed by atoms with Gasteiger partial charge >= 0.3 is 0 Å². The highest BCUT2D eigenvalue weighted by Crippen LogP contribution is 2.29. The number of halogens is 2. The number of nitrogens with zero attached hydrogens (tertiary/aromatic N) is 3. The van der Waals surface area contributed by atoms with E-state index in [0.29, 0.717) is 36.4 Å². The van der Waals surface area contributed by atoms with Crippen molar-refractivity contribution in [2.75, 3.05) is 24.6 Å². The number of anilines is 1. The molecular formula is C16H18BrFN4O2. The Morgan fingerprint density at radius 1 is 1.54 bits per heavy atom. The number of aromatic nitrogens is 2. The van der Waals surface area contributed by atoms with Gasteiger partial charge in [0.2, 0.25) is 0 Å². The van der Waals surface area contributed by atoms with E-state index in [1.54, 1.807) is 12.3 Å². The number of rotatable bonds is 4. The van der Waals surface area contributed by atoms with Crippen molar-refractivity contribution in [3.8, 4) is 0 Å². The molecule has 8 heteroatoms. The molecule has 0 bridgehead atoms. The summed E-state index contributed by atoms with van der Waals surface area (Å²) < 4.78 is 22.3. The minimum absolute atomic E-state index is 0.0891. The Kier molecular flexibility index (Phi) is 4.86.